The third kappa shape index (κ3) is 6.05. The highest BCUT2D eigenvalue weighted by Gasteiger charge is 2.21. The van der Waals surface area contributed by atoms with Gasteiger partial charge in [-0.05, 0) is 78.1 Å². The lowest BCUT2D eigenvalue weighted by molar-refractivity contribution is 0.0526. The average molecular weight is 472 g/mol. The SMILES string of the molecule is CCOC(=O)c1cccc(CC(c2ccc(Cl)cc2)C(C)NCc2ccc3ccccc3c2)c1. The Balaban J connectivity index is 1.53. The summed E-state index contributed by atoms with van der Waals surface area (Å²) in [6.07, 6.45) is 0.792. The molecule has 2 unspecified atom stereocenters. The molecule has 0 aliphatic rings. The van der Waals surface area contributed by atoms with Gasteiger partial charge in [-0.15, -0.1) is 0 Å². The molecule has 34 heavy (non-hydrogen) atoms. The van der Waals surface area contributed by atoms with E-state index in [1.807, 2.05) is 31.2 Å². The smallest absolute Gasteiger partial charge is 0.338 e. The first-order chi connectivity index (χ1) is 16.5. The number of hydrogen-bond donors (Lipinski definition) is 1. The lowest BCUT2D eigenvalue weighted by Crippen LogP contribution is -2.33. The number of fused-ring (bicyclic) bond motifs is 1. The number of ether oxygens (including phenoxy) is 1. The van der Waals surface area contributed by atoms with Crippen LogP contribution < -0.4 is 5.32 Å². The first-order valence-corrected chi connectivity index (χ1v) is 12.1. The molecule has 4 heteroatoms. The highest BCUT2D eigenvalue weighted by atomic mass is 35.5. The molecule has 4 rings (SSSR count). The van der Waals surface area contributed by atoms with Crippen molar-refractivity contribution in [3.63, 3.8) is 0 Å². The van der Waals surface area contributed by atoms with E-state index in [9.17, 15) is 4.79 Å². The highest BCUT2D eigenvalue weighted by molar-refractivity contribution is 6.30. The van der Waals surface area contributed by atoms with E-state index >= 15 is 0 Å². The first-order valence-electron chi connectivity index (χ1n) is 11.8. The summed E-state index contributed by atoms with van der Waals surface area (Å²) in [6, 6.07) is 31.0. The van der Waals surface area contributed by atoms with E-state index in [4.69, 9.17) is 16.3 Å². The molecule has 174 valence electrons. The summed E-state index contributed by atoms with van der Waals surface area (Å²) in [5.41, 5.74) is 4.16. The lowest BCUT2D eigenvalue weighted by atomic mass is 9.86. The van der Waals surface area contributed by atoms with Crippen molar-refractivity contribution >= 4 is 28.3 Å². The topological polar surface area (TPSA) is 38.3 Å². The fourth-order valence-electron chi connectivity index (χ4n) is 4.36. The number of esters is 1. The van der Waals surface area contributed by atoms with Gasteiger partial charge in [-0.25, -0.2) is 4.79 Å². The van der Waals surface area contributed by atoms with E-state index in [0.29, 0.717) is 12.2 Å². The van der Waals surface area contributed by atoms with E-state index in [1.54, 1.807) is 6.07 Å². The molecule has 3 nitrogen and oxygen atoms in total. The van der Waals surface area contributed by atoms with Crippen LogP contribution in [0.15, 0.2) is 91.0 Å². The molecular formula is C30H30ClNO2. The Labute approximate surface area is 206 Å². The van der Waals surface area contributed by atoms with Crippen LogP contribution in [0, 0.1) is 0 Å². The van der Waals surface area contributed by atoms with Gasteiger partial charge in [0.1, 0.15) is 0 Å². The van der Waals surface area contributed by atoms with Crippen molar-refractivity contribution in [1.82, 2.24) is 5.32 Å². The van der Waals surface area contributed by atoms with Crippen LogP contribution in [-0.2, 0) is 17.7 Å². The van der Waals surface area contributed by atoms with Crippen molar-refractivity contribution in [2.75, 3.05) is 6.61 Å². The number of nitrogens with one attached hydrogen (secondary N) is 1. The molecule has 0 aromatic heterocycles. The van der Waals surface area contributed by atoms with Crippen LogP contribution >= 0.6 is 11.6 Å². The maximum Gasteiger partial charge on any atom is 0.338 e. The molecule has 0 spiro atoms. The molecule has 1 N–H and O–H groups in total. The van der Waals surface area contributed by atoms with Gasteiger partial charge in [0.25, 0.3) is 0 Å². The quantitative estimate of drug-likeness (QED) is 0.263. The predicted octanol–water partition coefficient (Wildman–Crippen LogP) is 7.17. The Morgan fingerprint density at radius 1 is 0.882 bits per heavy atom. The van der Waals surface area contributed by atoms with Crippen LogP contribution in [0.2, 0.25) is 5.02 Å². The maximum absolute atomic E-state index is 12.2. The first kappa shape index (κ1) is 24.0. The van der Waals surface area contributed by atoms with Crippen LogP contribution in [0.1, 0.15) is 46.8 Å². The predicted molar refractivity (Wildman–Crippen MR) is 141 cm³/mol. The zero-order chi connectivity index (χ0) is 23.9. The Bertz CT molecular complexity index is 1250. The summed E-state index contributed by atoms with van der Waals surface area (Å²) in [4.78, 5) is 12.2. The van der Waals surface area contributed by atoms with Gasteiger partial charge in [0.15, 0.2) is 0 Å². The van der Waals surface area contributed by atoms with Crippen LogP contribution in [0.3, 0.4) is 0 Å². The lowest BCUT2D eigenvalue weighted by Gasteiger charge is -2.26. The van der Waals surface area contributed by atoms with E-state index in [1.165, 1.54) is 21.9 Å². The molecule has 0 amide bonds. The summed E-state index contributed by atoms with van der Waals surface area (Å²) < 4.78 is 5.19. The fourth-order valence-corrected chi connectivity index (χ4v) is 4.48. The molecule has 0 saturated carbocycles. The summed E-state index contributed by atoms with van der Waals surface area (Å²) in [5, 5.41) is 6.96. The monoisotopic (exact) mass is 471 g/mol. The molecule has 4 aromatic rings. The van der Waals surface area contributed by atoms with Gasteiger partial charge in [0, 0.05) is 23.5 Å². The van der Waals surface area contributed by atoms with Gasteiger partial charge in [-0.1, -0.05) is 72.3 Å². The highest BCUT2D eigenvalue weighted by Crippen LogP contribution is 2.27. The van der Waals surface area contributed by atoms with Crippen molar-refractivity contribution in [3.8, 4) is 0 Å². The Morgan fingerprint density at radius 2 is 1.65 bits per heavy atom. The second-order valence-corrected chi connectivity index (χ2v) is 9.07. The summed E-state index contributed by atoms with van der Waals surface area (Å²) in [5.74, 6) is -0.0787. The van der Waals surface area contributed by atoms with E-state index in [-0.39, 0.29) is 17.9 Å². The normalized spacial score (nSPS) is 12.9. The second-order valence-electron chi connectivity index (χ2n) is 8.63. The Morgan fingerprint density at radius 3 is 2.41 bits per heavy atom. The minimum absolute atomic E-state index is 0.193. The van der Waals surface area contributed by atoms with E-state index in [2.05, 4.69) is 72.9 Å². The minimum Gasteiger partial charge on any atom is -0.462 e. The van der Waals surface area contributed by atoms with Gasteiger partial charge in [0.05, 0.1) is 12.2 Å². The number of carbonyl (C=O) groups is 1. The number of rotatable bonds is 9. The van der Waals surface area contributed by atoms with E-state index in [0.717, 1.165) is 23.6 Å². The number of carbonyl (C=O) groups excluding carboxylic acids is 1. The van der Waals surface area contributed by atoms with Crippen molar-refractivity contribution in [2.24, 2.45) is 0 Å². The van der Waals surface area contributed by atoms with Gasteiger partial charge in [0.2, 0.25) is 0 Å². The van der Waals surface area contributed by atoms with Crippen LogP contribution in [0.5, 0.6) is 0 Å². The molecule has 0 bridgehead atoms. The zero-order valence-electron chi connectivity index (χ0n) is 19.6. The van der Waals surface area contributed by atoms with Gasteiger partial charge >= 0.3 is 5.97 Å². The zero-order valence-corrected chi connectivity index (χ0v) is 20.4. The Hall–Kier alpha value is -3.14. The van der Waals surface area contributed by atoms with Gasteiger partial charge in [-0.2, -0.15) is 0 Å². The third-order valence-electron chi connectivity index (χ3n) is 6.24. The second kappa shape index (κ2) is 11.3. The Kier molecular flexibility index (Phi) is 7.99. The molecule has 0 heterocycles. The van der Waals surface area contributed by atoms with Crippen molar-refractivity contribution < 1.29 is 9.53 Å². The molecule has 0 saturated heterocycles. The maximum atomic E-state index is 12.2. The van der Waals surface area contributed by atoms with Crippen molar-refractivity contribution in [3.05, 3.63) is 118 Å². The number of benzene rings is 4. The molecule has 4 aromatic carbocycles. The fraction of sp³-hybridized carbons (Fsp3) is 0.233. The van der Waals surface area contributed by atoms with Gasteiger partial charge in [-0.3, -0.25) is 0 Å². The van der Waals surface area contributed by atoms with Crippen LogP contribution in [0.25, 0.3) is 10.8 Å². The molecule has 0 radical (unpaired) electrons. The molecule has 0 aliphatic carbocycles. The standard InChI is InChI=1S/C30H30ClNO2/c1-3-34-30(33)27-10-6-7-22(17-27)19-29(25-13-15-28(31)16-14-25)21(2)32-20-23-11-12-24-8-4-5-9-26(24)18-23/h4-18,21,29,32H,3,19-20H2,1-2H3. The third-order valence-corrected chi connectivity index (χ3v) is 6.49. The van der Waals surface area contributed by atoms with Crippen LogP contribution in [-0.4, -0.2) is 18.6 Å². The summed E-state index contributed by atoms with van der Waals surface area (Å²) in [7, 11) is 0. The molecule has 2 atom stereocenters. The minimum atomic E-state index is -0.283. The number of halogens is 1. The van der Waals surface area contributed by atoms with Crippen molar-refractivity contribution in [1.29, 1.82) is 0 Å². The van der Waals surface area contributed by atoms with Gasteiger partial charge < -0.3 is 10.1 Å². The molecule has 0 fully saturated rings. The van der Waals surface area contributed by atoms with Crippen LogP contribution in [0.4, 0.5) is 0 Å². The molecule has 0 aliphatic heterocycles. The number of hydrogen-bond acceptors (Lipinski definition) is 3. The van der Waals surface area contributed by atoms with Crippen molar-refractivity contribution in [2.45, 2.75) is 38.8 Å². The van der Waals surface area contributed by atoms with E-state index < -0.39 is 0 Å². The average Bonchev–Trinajstić information content (AvgIpc) is 2.86. The molecular weight excluding hydrogens is 442 g/mol. The summed E-state index contributed by atoms with van der Waals surface area (Å²) in [6.45, 7) is 5.18. The largest absolute Gasteiger partial charge is 0.462 e. The summed E-state index contributed by atoms with van der Waals surface area (Å²) >= 11 is 6.16.